The average Bonchev–Trinajstić information content (AvgIpc) is 2.37. The predicted octanol–water partition coefficient (Wildman–Crippen LogP) is 4.93. The molecule has 20 heavy (non-hydrogen) atoms. The molecular weight excluding hydrogens is 322 g/mol. The van der Waals surface area contributed by atoms with Crippen molar-refractivity contribution in [3.63, 3.8) is 0 Å². The van der Waals surface area contributed by atoms with Crippen LogP contribution in [0.25, 0.3) is 0 Å². The highest BCUT2D eigenvalue weighted by atomic mass is 35.5. The SMILES string of the molecule is OC(Cc1ccc(Cl)cc1Cl)Cc1c(F)cccc1Cl. The van der Waals surface area contributed by atoms with Gasteiger partial charge >= 0.3 is 0 Å². The fourth-order valence-electron chi connectivity index (χ4n) is 1.98. The molecule has 5 heteroatoms. The van der Waals surface area contributed by atoms with Gasteiger partial charge in [-0.1, -0.05) is 46.9 Å². The topological polar surface area (TPSA) is 20.2 Å². The van der Waals surface area contributed by atoms with Crippen molar-refractivity contribution in [1.82, 2.24) is 0 Å². The number of hydrogen-bond acceptors (Lipinski definition) is 1. The van der Waals surface area contributed by atoms with Gasteiger partial charge in [0.15, 0.2) is 0 Å². The monoisotopic (exact) mass is 332 g/mol. The highest BCUT2D eigenvalue weighted by Gasteiger charge is 2.14. The van der Waals surface area contributed by atoms with Gasteiger partial charge in [0.05, 0.1) is 6.10 Å². The predicted molar refractivity (Wildman–Crippen MR) is 81.3 cm³/mol. The summed E-state index contributed by atoms with van der Waals surface area (Å²) in [6, 6.07) is 9.51. The number of hydrogen-bond donors (Lipinski definition) is 1. The Kier molecular flexibility index (Phi) is 5.28. The molecule has 1 N–H and O–H groups in total. The lowest BCUT2D eigenvalue weighted by Gasteiger charge is -2.13. The van der Waals surface area contributed by atoms with E-state index in [-0.39, 0.29) is 6.42 Å². The molecule has 0 saturated carbocycles. The van der Waals surface area contributed by atoms with Gasteiger partial charge < -0.3 is 5.11 Å². The van der Waals surface area contributed by atoms with E-state index >= 15 is 0 Å². The number of rotatable bonds is 4. The van der Waals surface area contributed by atoms with Crippen molar-refractivity contribution < 1.29 is 9.50 Å². The van der Waals surface area contributed by atoms with Gasteiger partial charge in [-0.2, -0.15) is 0 Å². The second-order valence-corrected chi connectivity index (χ2v) is 5.75. The third kappa shape index (κ3) is 3.86. The molecule has 0 aliphatic rings. The van der Waals surface area contributed by atoms with Crippen molar-refractivity contribution >= 4 is 34.8 Å². The third-order valence-corrected chi connectivity index (χ3v) is 3.91. The summed E-state index contributed by atoms with van der Waals surface area (Å²) < 4.78 is 13.6. The largest absolute Gasteiger partial charge is 0.392 e. The lowest BCUT2D eigenvalue weighted by atomic mass is 10.0. The zero-order valence-electron chi connectivity index (χ0n) is 10.4. The van der Waals surface area contributed by atoms with Gasteiger partial charge in [-0.3, -0.25) is 0 Å². The van der Waals surface area contributed by atoms with Gasteiger partial charge in [-0.25, -0.2) is 4.39 Å². The number of benzene rings is 2. The number of halogens is 4. The molecule has 106 valence electrons. The van der Waals surface area contributed by atoms with Gasteiger partial charge in [-0.15, -0.1) is 0 Å². The lowest BCUT2D eigenvalue weighted by molar-refractivity contribution is 0.174. The molecule has 0 fully saturated rings. The highest BCUT2D eigenvalue weighted by Crippen LogP contribution is 2.25. The van der Waals surface area contributed by atoms with Crippen LogP contribution in [0.2, 0.25) is 15.1 Å². The summed E-state index contributed by atoms with van der Waals surface area (Å²) in [4.78, 5) is 0. The van der Waals surface area contributed by atoms with Crippen LogP contribution >= 0.6 is 34.8 Å². The van der Waals surface area contributed by atoms with E-state index in [0.29, 0.717) is 27.1 Å². The molecule has 0 bridgehead atoms. The second-order valence-electron chi connectivity index (χ2n) is 4.50. The maximum Gasteiger partial charge on any atom is 0.127 e. The summed E-state index contributed by atoms with van der Waals surface area (Å²) in [5, 5.41) is 11.4. The van der Waals surface area contributed by atoms with Crippen LogP contribution in [0.5, 0.6) is 0 Å². The highest BCUT2D eigenvalue weighted by molar-refractivity contribution is 6.35. The summed E-state index contributed by atoms with van der Waals surface area (Å²) >= 11 is 17.8. The minimum atomic E-state index is -0.775. The van der Waals surface area contributed by atoms with E-state index in [1.165, 1.54) is 12.1 Å². The first-order valence-corrected chi connectivity index (χ1v) is 7.15. The van der Waals surface area contributed by atoms with Crippen molar-refractivity contribution in [2.45, 2.75) is 18.9 Å². The molecule has 0 amide bonds. The van der Waals surface area contributed by atoms with Crippen LogP contribution in [-0.2, 0) is 12.8 Å². The Morgan fingerprint density at radius 3 is 2.40 bits per heavy atom. The van der Waals surface area contributed by atoms with Crippen molar-refractivity contribution in [3.8, 4) is 0 Å². The van der Waals surface area contributed by atoms with E-state index < -0.39 is 11.9 Å². The second kappa shape index (κ2) is 6.77. The summed E-state index contributed by atoms with van der Waals surface area (Å²) in [6.07, 6.45) is -0.339. The number of aliphatic hydroxyl groups is 1. The zero-order valence-corrected chi connectivity index (χ0v) is 12.7. The first-order chi connectivity index (χ1) is 9.47. The Balaban J connectivity index is 2.11. The summed E-state index contributed by atoms with van der Waals surface area (Å²) in [5.41, 5.74) is 1.07. The van der Waals surface area contributed by atoms with E-state index in [0.717, 1.165) is 5.56 Å². The Labute approximate surface area is 131 Å². The Bertz CT molecular complexity index is 596. The standard InChI is InChI=1S/C15H12Cl3FO/c16-10-5-4-9(14(18)7-10)6-11(20)8-12-13(17)2-1-3-15(12)19/h1-5,7,11,20H,6,8H2. The first-order valence-electron chi connectivity index (χ1n) is 6.02. The van der Waals surface area contributed by atoms with Crippen molar-refractivity contribution in [2.24, 2.45) is 0 Å². The molecule has 2 rings (SSSR count). The number of aliphatic hydroxyl groups excluding tert-OH is 1. The van der Waals surface area contributed by atoms with E-state index in [9.17, 15) is 9.50 Å². The molecule has 0 aromatic heterocycles. The summed E-state index contributed by atoms with van der Waals surface area (Å²) in [7, 11) is 0. The Morgan fingerprint density at radius 1 is 1.00 bits per heavy atom. The van der Waals surface area contributed by atoms with Crippen LogP contribution in [0.1, 0.15) is 11.1 Å². The molecule has 2 aromatic carbocycles. The fourth-order valence-corrected chi connectivity index (χ4v) is 2.70. The summed E-state index contributed by atoms with van der Waals surface area (Å²) in [6.45, 7) is 0. The molecule has 0 heterocycles. The van der Waals surface area contributed by atoms with Crippen LogP contribution in [0.15, 0.2) is 36.4 Å². The van der Waals surface area contributed by atoms with E-state index in [4.69, 9.17) is 34.8 Å². The van der Waals surface area contributed by atoms with E-state index in [1.807, 2.05) is 0 Å². The van der Waals surface area contributed by atoms with Crippen molar-refractivity contribution in [3.05, 3.63) is 68.4 Å². The fraction of sp³-hybridized carbons (Fsp3) is 0.200. The van der Waals surface area contributed by atoms with Gasteiger partial charge in [-0.05, 0) is 29.8 Å². The Morgan fingerprint density at radius 2 is 1.75 bits per heavy atom. The normalized spacial score (nSPS) is 12.4. The molecule has 0 saturated heterocycles. The molecular formula is C15H12Cl3FO. The molecule has 1 unspecified atom stereocenters. The molecule has 1 atom stereocenters. The maximum atomic E-state index is 13.6. The molecule has 0 aliphatic carbocycles. The quantitative estimate of drug-likeness (QED) is 0.841. The van der Waals surface area contributed by atoms with E-state index in [2.05, 4.69) is 0 Å². The molecule has 0 aliphatic heterocycles. The summed E-state index contributed by atoms with van der Waals surface area (Å²) in [5.74, 6) is -0.418. The van der Waals surface area contributed by atoms with Gasteiger partial charge in [0.2, 0.25) is 0 Å². The van der Waals surface area contributed by atoms with Crippen LogP contribution in [-0.4, -0.2) is 11.2 Å². The van der Waals surface area contributed by atoms with Crippen LogP contribution in [0.4, 0.5) is 4.39 Å². The average molecular weight is 334 g/mol. The Hall–Kier alpha value is -0.800. The molecule has 2 aromatic rings. The smallest absolute Gasteiger partial charge is 0.127 e. The molecule has 1 nitrogen and oxygen atoms in total. The third-order valence-electron chi connectivity index (χ3n) is 2.97. The zero-order chi connectivity index (χ0) is 14.7. The van der Waals surface area contributed by atoms with Gasteiger partial charge in [0.25, 0.3) is 0 Å². The van der Waals surface area contributed by atoms with Crippen molar-refractivity contribution in [1.29, 1.82) is 0 Å². The van der Waals surface area contributed by atoms with Crippen molar-refractivity contribution in [2.75, 3.05) is 0 Å². The van der Waals surface area contributed by atoms with E-state index in [1.54, 1.807) is 24.3 Å². The first kappa shape index (κ1) is 15.6. The maximum absolute atomic E-state index is 13.6. The van der Waals surface area contributed by atoms with Crippen LogP contribution < -0.4 is 0 Å². The molecule has 0 spiro atoms. The van der Waals surface area contributed by atoms with Gasteiger partial charge in [0, 0.05) is 33.5 Å². The van der Waals surface area contributed by atoms with Gasteiger partial charge in [0.1, 0.15) is 5.82 Å². The minimum absolute atomic E-state index is 0.129. The van der Waals surface area contributed by atoms with Crippen LogP contribution in [0, 0.1) is 5.82 Å². The lowest BCUT2D eigenvalue weighted by Crippen LogP contribution is -2.15. The van der Waals surface area contributed by atoms with Crippen LogP contribution in [0.3, 0.4) is 0 Å². The molecule has 0 radical (unpaired) electrons. The minimum Gasteiger partial charge on any atom is -0.392 e.